The summed E-state index contributed by atoms with van der Waals surface area (Å²) in [6, 6.07) is 0. The molecule has 0 radical (unpaired) electrons. The predicted molar refractivity (Wildman–Crippen MR) is 51.1 cm³/mol. The van der Waals surface area contributed by atoms with Crippen LogP contribution in [0.25, 0.3) is 0 Å². The first-order chi connectivity index (χ1) is 5.72. The molecule has 0 unspecified atom stereocenters. The zero-order chi connectivity index (χ0) is 8.97. The summed E-state index contributed by atoms with van der Waals surface area (Å²) in [5.74, 6) is 0. The number of aliphatic hydroxyl groups excluding tert-OH is 1. The number of aliphatic hydroxyl groups is 1. The Labute approximate surface area is 74.9 Å². The second-order valence-corrected chi connectivity index (χ2v) is 3.69. The summed E-state index contributed by atoms with van der Waals surface area (Å²) >= 11 is 0. The number of likely N-dealkylation sites (N-methyl/N-ethyl adjacent to an activating group) is 1. The summed E-state index contributed by atoms with van der Waals surface area (Å²) in [6.45, 7) is 3.98. The van der Waals surface area contributed by atoms with Gasteiger partial charge in [-0.2, -0.15) is 0 Å². The topological polar surface area (TPSA) is 23.5 Å². The van der Waals surface area contributed by atoms with Gasteiger partial charge >= 0.3 is 0 Å². The molecule has 0 bridgehead atoms. The Hall–Kier alpha value is -0.340. The first-order valence-corrected chi connectivity index (χ1v) is 4.77. The molecule has 0 saturated heterocycles. The van der Waals surface area contributed by atoms with Gasteiger partial charge in [0.1, 0.15) is 0 Å². The van der Waals surface area contributed by atoms with Gasteiger partial charge < -0.3 is 10.0 Å². The maximum absolute atomic E-state index is 9.57. The summed E-state index contributed by atoms with van der Waals surface area (Å²) < 4.78 is 0. The molecule has 1 heterocycles. The molecule has 0 saturated carbocycles. The largest absolute Gasteiger partial charge is 0.391 e. The lowest BCUT2D eigenvalue weighted by Crippen LogP contribution is -2.27. The third-order valence-electron chi connectivity index (χ3n) is 2.28. The molecular formula is C10H19NO. The second kappa shape index (κ2) is 4.63. The van der Waals surface area contributed by atoms with E-state index in [4.69, 9.17) is 0 Å². The van der Waals surface area contributed by atoms with Crippen LogP contribution in [-0.2, 0) is 0 Å². The minimum Gasteiger partial charge on any atom is -0.391 e. The lowest BCUT2D eigenvalue weighted by Gasteiger charge is -2.15. The predicted octanol–water partition coefficient (Wildman–Crippen LogP) is 1.41. The van der Waals surface area contributed by atoms with Gasteiger partial charge in [0.25, 0.3) is 0 Å². The van der Waals surface area contributed by atoms with Crippen molar-refractivity contribution < 1.29 is 5.11 Å². The molecule has 0 aromatic rings. The van der Waals surface area contributed by atoms with E-state index in [1.165, 1.54) is 12.0 Å². The number of rotatable bonds is 2. The first kappa shape index (κ1) is 9.75. The zero-order valence-corrected chi connectivity index (χ0v) is 8.08. The second-order valence-electron chi connectivity index (χ2n) is 3.69. The van der Waals surface area contributed by atoms with E-state index in [0.29, 0.717) is 0 Å². The molecule has 1 aliphatic heterocycles. The van der Waals surface area contributed by atoms with Crippen molar-refractivity contribution in [2.45, 2.75) is 32.3 Å². The smallest absolute Gasteiger partial charge is 0.0704 e. The maximum atomic E-state index is 9.57. The van der Waals surface area contributed by atoms with E-state index >= 15 is 0 Å². The molecule has 1 rings (SSSR count). The average Bonchev–Trinajstić information content (AvgIpc) is 2.13. The van der Waals surface area contributed by atoms with Crippen LogP contribution in [0.2, 0.25) is 0 Å². The third kappa shape index (κ3) is 2.95. The van der Waals surface area contributed by atoms with Gasteiger partial charge in [-0.3, -0.25) is 0 Å². The summed E-state index contributed by atoms with van der Waals surface area (Å²) in [4.78, 5) is 2.16. The van der Waals surface area contributed by atoms with Gasteiger partial charge in [-0.1, -0.05) is 25.0 Å². The molecule has 0 spiro atoms. The molecule has 12 heavy (non-hydrogen) atoms. The van der Waals surface area contributed by atoms with Crippen LogP contribution in [0.5, 0.6) is 0 Å². The molecular weight excluding hydrogens is 150 g/mol. The summed E-state index contributed by atoms with van der Waals surface area (Å²) in [6.07, 6.45) is 5.31. The fraction of sp³-hybridized carbons (Fsp3) is 0.800. The van der Waals surface area contributed by atoms with Crippen LogP contribution < -0.4 is 0 Å². The van der Waals surface area contributed by atoms with Crippen LogP contribution in [0, 0.1) is 0 Å². The van der Waals surface area contributed by atoms with Crippen LogP contribution in [0.4, 0.5) is 0 Å². The Bertz CT molecular complexity index is 165. The summed E-state index contributed by atoms with van der Waals surface area (Å²) in [5, 5.41) is 9.57. The first-order valence-electron chi connectivity index (χ1n) is 4.77. The van der Waals surface area contributed by atoms with Crippen molar-refractivity contribution in [3.63, 3.8) is 0 Å². The van der Waals surface area contributed by atoms with Gasteiger partial charge in [0.2, 0.25) is 0 Å². The van der Waals surface area contributed by atoms with Crippen molar-refractivity contribution in [3.05, 3.63) is 11.6 Å². The van der Waals surface area contributed by atoms with Crippen molar-refractivity contribution in [1.29, 1.82) is 0 Å². The fourth-order valence-electron chi connectivity index (χ4n) is 1.70. The lowest BCUT2D eigenvalue weighted by atomic mass is 10.0. The molecule has 1 atom stereocenters. The van der Waals surface area contributed by atoms with Crippen LogP contribution in [-0.4, -0.2) is 36.2 Å². The van der Waals surface area contributed by atoms with Crippen LogP contribution >= 0.6 is 0 Å². The van der Waals surface area contributed by atoms with Crippen molar-refractivity contribution in [2.75, 3.05) is 20.1 Å². The molecule has 0 aromatic heterocycles. The van der Waals surface area contributed by atoms with E-state index in [-0.39, 0.29) is 6.10 Å². The summed E-state index contributed by atoms with van der Waals surface area (Å²) in [7, 11) is 2.05. The highest BCUT2D eigenvalue weighted by molar-refractivity contribution is 5.06. The Morgan fingerprint density at radius 3 is 3.08 bits per heavy atom. The quantitative estimate of drug-likeness (QED) is 0.632. The SMILES string of the molecule is CCCC1=CCN(C)C[C@H](O)C1. The molecule has 0 amide bonds. The number of hydrogen-bond donors (Lipinski definition) is 1. The highest BCUT2D eigenvalue weighted by atomic mass is 16.3. The molecule has 2 heteroatoms. The fourth-order valence-corrected chi connectivity index (χ4v) is 1.70. The van der Waals surface area contributed by atoms with Crippen molar-refractivity contribution in [3.8, 4) is 0 Å². The van der Waals surface area contributed by atoms with E-state index in [1.54, 1.807) is 0 Å². The maximum Gasteiger partial charge on any atom is 0.0704 e. The van der Waals surface area contributed by atoms with E-state index < -0.39 is 0 Å². The Kier molecular flexibility index (Phi) is 3.76. The van der Waals surface area contributed by atoms with Gasteiger partial charge in [0.05, 0.1) is 6.10 Å². The van der Waals surface area contributed by atoms with E-state index in [1.807, 2.05) is 0 Å². The number of β-amino-alcohol motifs (C(OH)–C–C–N with tert-alkyl or cyclic N) is 1. The number of hydrogen-bond acceptors (Lipinski definition) is 2. The molecule has 2 nitrogen and oxygen atoms in total. The van der Waals surface area contributed by atoms with Crippen molar-refractivity contribution in [1.82, 2.24) is 4.90 Å². The van der Waals surface area contributed by atoms with E-state index in [0.717, 1.165) is 25.9 Å². The molecule has 0 fully saturated rings. The third-order valence-corrected chi connectivity index (χ3v) is 2.28. The van der Waals surface area contributed by atoms with E-state index in [9.17, 15) is 5.11 Å². The minimum atomic E-state index is -0.157. The monoisotopic (exact) mass is 169 g/mol. The molecule has 0 aromatic carbocycles. The molecule has 1 aliphatic rings. The Morgan fingerprint density at radius 1 is 1.67 bits per heavy atom. The summed E-state index contributed by atoms with van der Waals surface area (Å²) in [5.41, 5.74) is 1.43. The van der Waals surface area contributed by atoms with Crippen LogP contribution in [0.15, 0.2) is 11.6 Å². The molecule has 1 N–H and O–H groups in total. The Balaban J connectivity index is 2.50. The average molecular weight is 169 g/mol. The van der Waals surface area contributed by atoms with Crippen molar-refractivity contribution in [2.24, 2.45) is 0 Å². The Morgan fingerprint density at radius 2 is 2.42 bits per heavy atom. The lowest BCUT2D eigenvalue weighted by molar-refractivity contribution is 0.135. The normalized spacial score (nSPS) is 26.6. The van der Waals surface area contributed by atoms with E-state index in [2.05, 4.69) is 24.9 Å². The van der Waals surface area contributed by atoms with Crippen molar-refractivity contribution >= 4 is 0 Å². The molecule has 70 valence electrons. The van der Waals surface area contributed by atoms with Gasteiger partial charge in [-0.05, 0) is 19.9 Å². The number of nitrogens with zero attached hydrogens (tertiary/aromatic N) is 1. The van der Waals surface area contributed by atoms with Crippen LogP contribution in [0.1, 0.15) is 26.2 Å². The molecule has 0 aliphatic carbocycles. The van der Waals surface area contributed by atoms with Crippen LogP contribution in [0.3, 0.4) is 0 Å². The van der Waals surface area contributed by atoms with Gasteiger partial charge in [0, 0.05) is 13.1 Å². The standard InChI is InChI=1S/C10H19NO/c1-3-4-9-5-6-11(2)8-10(12)7-9/h5,10,12H,3-4,6-8H2,1-2H3/t10-/m1/s1. The highest BCUT2D eigenvalue weighted by Crippen LogP contribution is 2.15. The minimum absolute atomic E-state index is 0.157. The van der Waals surface area contributed by atoms with Gasteiger partial charge in [-0.15, -0.1) is 0 Å². The zero-order valence-electron chi connectivity index (χ0n) is 8.08. The van der Waals surface area contributed by atoms with Gasteiger partial charge in [-0.25, -0.2) is 0 Å². The highest BCUT2D eigenvalue weighted by Gasteiger charge is 2.13. The van der Waals surface area contributed by atoms with Gasteiger partial charge in [0.15, 0.2) is 0 Å².